The molecule has 0 aliphatic heterocycles. The normalized spacial score (nSPS) is 9.08. The third kappa shape index (κ3) is 1.71. The van der Waals surface area contributed by atoms with E-state index < -0.39 is 5.97 Å². The van der Waals surface area contributed by atoms with Crippen LogP contribution in [0.15, 0.2) is 30.8 Å². The van der Waals surface area contributed by atoms with Crippen molar-refractivity contribution >= 4 is 12.0 Å². The van der Waals surface area contributed by atoms with Gasteiger partial charge in [0.05, 0.1) is 5.56 Å². The first-order valence-corrected chi connectivity index (χ1v) is 3.34. The largest absolute Gasteiger partial charge is 0.661 e. The molecule has 3 heteroatoms. The molecule has 1 rings (SSSR count). The van der Waals surface area contributed by atoms with E-state index in [1.165, 1.54) is 12.1 Å². The minimum Gasteiger partial charge on any atom is -0.661 e. The monoisotopic (exact) mass is 163 g/mol. The van der Waals surface area contributed by atoms with Crippen LogP contribution in [0.5, 0.6) is 0 Å². The molecule has 0 atom stereocenters. The van der Waals surface area contributed by atoms with Crippen LogP contribution in [0.25, 0.3) is 6.08 Å². The first kappa shape index (κ1) is 8.49. The molecule has 0 amide bonds. The van der Waals surface area contributed by atoms with E-state index in [0.717, 1.165) is 5.56 Å². The molecular formula is C9H7O3-. The molecule has 0 saturated heterocycles. The van der Waals surface area contributed by atoms with Crippen molar-refractivity contribution in [2.24, 2.45) is 0 Å². The quantitative estimate of drug-likeness (QED) is 0.477. The van der Waals surface area contributed by atoms with Crippen LogP contribution in [0.4, 0.5) is 0 Å². The summed E-state index contributed by atoms with van der Waals surface area (Å²) in [6.07, 6.45) is 1.65. The standard InChI is InChI=1S/C9H8O3/c1-2-7-3-5-8(6-4-7)9(10)12-11/h2-6,11H,1H2/p-1. The van der Waals surface area contributed by atoms with E-state index in [1.54, 1.807) is 18.2 Å². The van der Waals surface area contributed by atoms with Gasteiger partial charge in [0.1, 0.15) is 0 Å². The zero-order valence-corrected chi connectivity index (χ0v) is 6.32. The summed E-state index contributed by atoms with van der Waals surface area (Å²) in [4.78, 5) is 13.9. The van der Waals surface area contributed by atoms with Crippen LogP contribution in [-0.2, 0) is 4.89 Å². The lowest BCUT2D eigenvalue weighted by Gasteiger charge is -2.05. The Kier molecular flexibility index (Phi) is 2.61. The fourth-order valence-electron chi connectivity index (χ4n) is 0.803. The van der Waals surface area contributed by atoms with Crippen molar-refractivity contribution in [3.05, 3.63) is 42.0 Å². The molecule has 62 valence electrons. The minimum absolute atomic E-state index is 0.246. The Morgan fingerprint density at radius 1 is 1.42 bits per heavy atom. The van der Waals surface area contributed by atoms with Crippen LogP contribution in [0, 0.1) is 0 Å². The lowest BCUT2D eigenvalue weighted by atomic mass is 10.1. The average molecular weight is 163 g/mol. The van der Waals surface area contributed by atoms with Gasteiger partial charge in [-0.1, -0.05) is 24.8 Å². The summed E-state index contributed by atoms with van der Waals surface area (Å²) in [5.74, 6) is -0.870. The van der Waals surface area contributed by atoms with Gasteiger partial charge in [-0.3, -0.25) is 0 Å². The highest BCUT2D eigenvalue weighted by Gasteiger charge is 2.00. The Hall–Kier alpha value is -1.61. The highest BCUT2D eigenvalue weighted by atomic mass is 17.1. The van der Waals surface area contributed by atoms with Crippen molar-refractivity contribution in [3.8, 4) is 0 Å². The lowest BCUT2D eigenvalue weighted by molar-refractivity contribution is -0.653. The Morgan fingerprint density at radius 2 is 2.00 bits per heavy atom. The molecule has 0 saturated carbocycles. The van der Waals surface area contributed by atoms with E-state index in [4.69, 9.17) is 0 Å². The summed E-state index contributed by atoms with van der Waals surface area (Å²) in [5, 5.41) is 9.72. The van der Waals surface area contributed by atoms with Gasteiger partial charge in [-0.25, -0.2) is 4.79 Å². The smallest absolute Gasteiger partial charge is 0.332 e. The zero-order chi connectivity index (χ0) is 8.97. The van der Waals surface area contributed by atoms with Gasteiger partial charge in [-0.15, -0.1) is 0 Å². The van der Waals surface area contributed by atoms with Crippen LogP contribution in [0.3, 0.4) is 0 Å². The second-order valence-electron chi connectivity index (χ2n) is 2.20. The van der Waals surface area contributed by atoms with E-state index >= 15 is 0 Å². The van der Waals surface area contributed by atoms with Gasteiger partial charge in [-0.2, -0.15) is 0 Å². The maximum atomic E-state index is 10.7. The predicted molar refractivity (Wildman–Crippen MR) is 41.9 cm³/mol. The van der Waals surface area contributed by atoms with Crippen molar-refractivity contribution in [1.29, 1.82) is 0 Å². The maximum Gasteiger partial charge on any atom is 0.332 e. The summed E-state index contributed by atoms with van der Waals surface area (Å²) < 4.78 is 0. The molecule has 3 nitrogen and oxygen atoms in total. The Bertz CT molecular complexity index is 287. The van der Waals surface area contributed by atoms with E-state index in [9.17, 15) is 10.1 Å². The highest BCUT2D eigenvalue weighted by molar-refractivity contribution is 5.88. The van der Waals surface area contributed by atoms with Gasteiger partial charge in [0, 0.05) is 0 Å². The molecule has 0 bridgehead atoms. The molecule has 0 fully saturated rings. The molecule has 0 spiro atoms. The second-order valence-corrected chi connectivity index (χ2v) is 2.20. The summed E-state index contributed by atoms with van der Waals surface area (Å²) in [5.41, 5.74) is 1.13. The van der Waals surface area contributed by atoms with Crippen molar-refractivity contribution in [3.63, 3.8) is 0 Å². The van der Waals surface area contributed by atoms with E-state index in [2.05, 4.69) is 11.5 Å². The van der Waals surface area contributed by atoms with Gasteiger partial charge in [0.25, 0.3) is 0 Å². The lowest BCUT2D eigenvalue weighted by Crippen LogP contribution is -2.13. The molecule has 12 heavy (non-hydrogen) atoms. The van der Waals surface area contributed by atoms with Gasteiger partial charge < -0.3 is 10.1 Å². The highest BCUT2D eigenvalue weighted by Crippen LogP contribution is 2.05. The van der Waals surface area contributed by atoms with E-state index in [0.29, 0.717) is 0 Å². The zero-order valence-electron chi connectivity index (χ0n) is 6.32. The maximum absolute atomic E-state index is 10.7. The molecular weight excluding hydrogens is 156 g/mol. The molecule has 1 aromatic carbocycles. The second kappa shape index (κ2) is 3.69. The third-order valence-electron chi connectivity index (χ3n) is 1.46. The van der Waals surface area contributed by atoms with Crippen LogP contribution in [-0.4, -0.2) is 5.97 Å². The fourth-order valence-corrected chi connectivity index (χ4v) is 0.803. The number of carbonyl (C=O) groups is 1. The molecule has 0 heterocycles. The van der Waals surface area contributed by atoms with Crippen molar-refractivity contribution in [2.75, 3.05) is 0 Å². The number of hydrogen-bond donors (Lipinski definition) is 0. The first-order chi connectivity index (χ1) is 5.77. The van der Waals surface area contributed by atoms with Crippen molar-refractivity contribution < 1.29 is 14.9 Å². The first-order valence-electron chi connectivity index (χ1n) is 3.34. The summed E-state index contributed by atoms with van der Waals surface area (Å²) in [6.45, 7) is 3.55. The molecule has 0 aromatic heterocycles. The average Bonchev–Trinajstić information content (AvgIpc) is 2.17. The Morgan fingerprint density at radius 3 is 2.42 bits per heavy atom. The summed E-state index contributed by atoms with van der Waals surface area (Å²) >= 11 is 0. The van der Waals surface area contributed by atoms with Gasteiger partial charge >= 0.3 is 5.97 Å². The predicted octanol–water partition coefficient (Wildman–Crippen LogP) is 0.762. The molecule has 0 unspecified atom stereocenters. The molecule has 0 radical (unpaired) electrons. The van der Waals surface area contributed by atoms with Crippen LogP contribution >= 0.6 is 0 Å². The Labute approximate surface area is 69.8 Å². The Balaban J connectivity index is 2.91. The van der Waals surface area contributed by atoms with Crippen molar-refractivity contribution in [2.45, 2.75) is 0 Å². The topological polar surface area (TPSA) is 49.4 Å². The van der Waals surface area contributed by atoms with Gasteiger partial charge in [0.15, 0.2) is 0 Å². The number of carbonyl (C=O) groups excluding carboxylic acids is 1. The molecule has 0 N–H and O–H groups in total. The van der Waals surface area contributed by atoms with Crippen LogP contribution < -0.4 is 5.26 Å². The summed E-state index contributed by atoms with van der Waals surface area (Å²) in [6, 6.07) is 6.38. The molecule has 0 aliphatic carbocycles. The molecule has 1 aromatic rings. The SMILES string of the molecule is C=Cc1ccc(C(=O)O[O-])cc1. The van der Waals surface area contributed by atoms with Gasteiger partial charge in [0.2, 0.25) is 0 Å². The van der Waals surface area contributed by atoms with Crippen LogP contribution in [0.1, 0.15) is 15.9 Å². The van der Waals surface area contributed by atoms with Crippen LogP contribution in [0.2, 0.25) is 0 Å². The van der Waals surface area contributed by atoms with Crippen molar-refractivity contribution in [1.82, 2.24) is 0 Å². The fraction of sp³-hybridized carbons (Fsp3) is 0. The van der Waals surface area contributed by atoms with E-state index in [1.807, 2.05) is 0 Å². The molecule has 0 aliphatic rings. The number of benzene rings is 1. The number of rotatable bonds is 2. The minimum atomic E-state index is -0.870. The third-order valence-corrected chi connectivity index (χ3v) is 1.46. The number of hydrogen-bond acceptors (Lipinski definition) is 3. The van der Waals surface area contributed by atoms with E-state index in [-0.39, 0.29) is 5.56 Å². The van der Waals surface area contributed by atoms with Gasteiger partial charge in [-0.05, 0) is 17.7 Å². The summed E-state index contributed by atoms with van der Waals surface area (Å²) in [7, 11) is 0.